The highest BCUT2D eigenvalue weighted by atomic mass is 16.7. The fourth-order valence-electron chi connectivity index (χ4n) is 1.58. The largest absolute Gasteiger partial charge is 0.428 e. The van der Waals surface area contributed by atoms with Gasteiger partial charge in [0.15, 0.2) is 0 Å². The number of rotatable bonds is 6. The Labute approximate surface area is 107 Å². The first-order valence-electron chi connectivity index (χ1n) is 5.98. The van der Waals surface area contributed by atoms with Gasteiger partial charge in [-0.25, -0.2) is 0 Å². The Balaban J connectivity index is 2.43. The number of benzene rings is 1. The molecule has 1 aromatic rings. The zero-order valence-electron chi connectivity index (χ0n) is 10.8. The summed E-state index contributed by atoms with van der Waals surface area (Å²) in [6, 6.07) is 7.85. The quantitative estimate of drug-likeness (QED) is 0.574. The highest BCUT2D eigenvalue weighted by Gasteiger charge is 2.06. The van der Waals surface area contributed by atoms with E-state index in [0.29, 0.717) is 0 Å². The van der Waals surface area contributed by atoms with Gasteiger partial charge in [-0.05, 0) is 17.5 Å². The molecule has 98 valence electrons. The Bertz CT molecular complexity index is 412. The lowest BCUT2D eigenvalue weighted by Crippen LogP contribution is -2.12. The second kappa shape index (κ2) is 7.48. The van der Waals surface area contributed by atoms with E-state index in [-0.39, 0.29) is 13.2 Å². The highest BCUT2D eigenvalue weighted by molar-refractivity contribution is 5.72. The number of carbonyl (C=O) groups is 2. The van der Waals surface area contributed by atoms with Crippen LogP contribution in [-0.4, -0.2) is 18.7 Å². The van der Waals surface area contributed by atoms with Crippen molar-refractivity contribution in [3.8, 4) is 0 Å². The molecule has 0 aliphatic carbocycles. The SMILES string of the molecule is CCCc1cccc(CC(=O)OCOC(C)=O)c1. The van der Waals surface area contributed by atoms with Gasteiger partial charge in [0.05, 0.1) is 6.42 Å². The van der Waals surface area contributed by atoms with Crippen molar-refractivity contribution in [3.05, 3.63) is 35.4 Å². The molecule has 0 aliphatic rings. The molecule has 0 atom stereocenters. The molecule has 0 heterocycles. The number of aryl methyl sites for hydroxylation is 1. The molecular weight excluding hydrogens is 232 g/mol. The van der Waals surface area contributed by atoms with Crippen molar-refractivity contribution >= 4 is 11.9 Å². The predicted molar refractivity (Wildman–Crippen MR) is 66.9 cm³/mol. The molecule has 18 heavy (non-hydrogen) atoms. The summed E-state index contributed by atoms with van der Waals surface area (Å²) in [6.45, 7) is 3.06. The number of hydrogen-bond acceptors (Lipinski definition) is 4. The predicted octanol–water partition coefficient (Wildman–Crippen LogP) is 2.25. The van der Waals surface area contributed by atoms with Gasteiger partial charge in [0.1, 0.15) is 0 Å². The molecule has 4 heteroatoms. The van der Waals surface area contributed by atoms with Crippen LogP contribution in [0.4, 0.5) is 0 Å². The molecule has 0 bridgehead atoms. The van der Waals surface area contributed by atoms with Gasteiger partial charge in [-0.2, -0.15) is 0 Å². The van der Waals surface area contributed by atoms with Gasteiger partial charge in [-0.1, -0.05) is 37.6 Å². The lowest BCUT2D eigenvalue weighted by atomic mass is 10.1. The Hall–Kier alpha value is -1.84. The van der Waals surface area contributed by atoms with Gasteiger partial charge in [0.25, 0.3) is 0 Å². The van der Waals surface area contributed by atoms with Crippen LogP contribution in [0, 0.1) is 0 Å². The van der Waals surface area contributed by atoms with Crippen LogP contribution in [0.15, 0.2) is 24.3 Å². The summed E-state index contributed by atoms with van der Waals surface area (Å²) in [7, 11) is 0. The third kappa shape index (κ3) is 5.48. The van der Waals surface area contributed by atoms with Crippen LogP contribution >= 0.6 is 0 Å². The minimum Gasteiger partial charge on any atom is -0.428 e. The van der Waals surface area contributed by atoms with E-state index in [9.17, 15) is 9.59 Å². The minimum atomic E-state index is -0.465. The van der Waals surface area contributed by atoms with Gasteiger partial charge in [-0.15, -0.1) is 0 Å². The molecule has 0 radical (unpaired) electrons. The Morgan fingerprint density at radius 2 is 1.89 bits per heavy atom. The first kappa shape index (κ1) is 14.2. The minimum absolute atomic E-state index is 0.193. The van der Waals surface area contributed by atoms with Gasteiger partial charge in [-0.3, -0.25) is 9.59 Å². The molecule has 0 saturated heterocycles. The second-order valence-corrected chi connectivity index (χ2v) is 4.02. The third-order valence-corrected chi connectivity index (χ3v) is 2.36. The fourth-order valence-corrected chi connectivity index (χ4v) is 1.58. The van der Waals surface area contributed by atoms with Crippen molar-refractivity contribution in [1.29, 1.82) is 0 Å². The smallest absolute Gasteiger partial charge is 0.313 e. The summed E-state index contributed by atoms with van der Waals surface area (Å²) in [4.78, 5) is 21.9. The van der Waals surface area contributed by atoms with E-state index < -0.39 is 11.9 Å². The lowest BCUT2D eigenvalue weighted by Gasteiger charge is -2.06. The molecule has 4 nitrogen and oxygen atoms in total. The zero-order valence-corrected chi connectivity index (χ0v) is 10.8. The summed E-state index contributed by atoms with van der Waals surface area (Å²) in [5.41, 5.74) is 2.12. The molecule has 0 saturated carbocycles. The van der Waals surface area contributed by atoms with Crippen LogP contribution in [0.5, 0.6) is 0 Å². The second-order valence-electron chi connectivity index (χ2n) is 4.02. The van der Waals surface area contributed by atoms with Crippen molar-refractivity contribution in [3.63, 3.8) is 0 Å². The van der Waals surface area contributed by atoms with E-state index in [1.165, 1.54) is 12.5 Å². The monoisotopic (exact) mass is 250 g/mol. The molecule has 1 aromatic carbocycles. The molecule has 0 fully saturated rings. The normalized spacial score (nSPS) is 9.89. The standard InChI is InChI=1S/C14H18O4/c1-3-5-12-6-4-7-13(8-12)9-14(16)18-10-17-11(2)15/h4,6-8H,3,5,9-10H2,1-2H3. The fraction of sp³-hybridized carbons (Fsp3) is 0.429. The topological polar surface area (TPSA) is 52.6 Å². The molecular formula is C14H18O4. The average Bonchev–Trinajstić information content (AvgIpc) is 2.29. The van der Waals surface area contributed by atoms with Gasteiger partial charge in [0, 0.05) is 6.92 Å². The number of hydrogen-bond donors (Lipinski definition) is 0. The molecule has 0 aromatic heterocycles. The van der Waals surface area contributed by atoms with Crippen LogP contribution in [0.1, 0.15) is 31.4 Å². The number of carbonyl (C=O) groups excluding carboxylic acids is 2. The maximum Gasteiger partial charge on any atom is 0.313 e. The van der Waals surface area contributed by atoms with Crippen molar-refractivity contribution in [2.24, 2.45) is 0 Å². The first-order valence-corrected chi connectivity index (χ1v) is 5.98. The van der Waals surface area contributed by atoms with E-state index in [1.54, 1.807) is 0 Å². The molecule has 0 aliphatic heterocycles. The van der Waals surface area contributed by atoms with Crippen LogP contribution < -0.4 is 0 Å². The summed E-state index contributed by atoms with van der Waals surface area (Å²) >= 11 is 0. The summed E-state index contributed by atoms with van der Waals surface area (Å²) in [6.07, 6.45) is 2.26. The third-order valence-electron chi connectivity index (χ3n) is 2.36. The Morgan fingerprint density at radius 3 is 2.56 bits per heavy atom. The lowest BCUT2D eigenvalue weighted by molar-refractivity contribution is -0.165. The summed E-state index contributed by atoms with van der Waals surface area (Å²) in [5.74, 6) is -0.863. The van der Waals surface area contributed by atoms with Crippen molar-refractivity contribution in [2.45, 2.75) is 33.1 Å². The molecule has 0 unspecified atom stereocenters. The van der Waals surface area contributed by atoms with E-state index in [1.807, 2.05) is 24.3 Å². The Morgan fingerprint density at radius 1 is 1.17 bits per heavy atom. The summed E-state index contributed by atoms with van der Waals surface area (Å²) in [5, 5.41) is 0. The van der Waals surface area contributed by atoms with E-state index >= 15 is 0 Å². The number of esters is 2. The van der Waals surface area contributed by atoms with Gasteiger partial charge < -0.3 is 9.47 Å². The van der Waals surface area contributed by atoms with E-state index in [2.05, 4.69) is 11.7 Å². The maximum absolute atomic E-state index is 11.4. The van der Waals surface area contributed by atoms with Crippen LogP contribution in [0.25, 0.3) is 0 Å². The number of ether oxygens (including phenoxy) is 2. The van der Waals surface area contributed by atoms with Crippen molar-refractivity contribution in [1.82, 2.24) is 0 Å². The highest BCUT2D eigenvalue weighted by Crippen LogP contribution is 2.08. The molecule has 1 rings (SSSR count). The van der Waals surface area contributed by atoms with Gasteiger partial charge >= 0.3 is 11.9 Å². The maximum atomic E-state index is 11.4. The van der Waals surface area contributed by atoms with Crippen LogP contribution in [-0.2, 0) is 31.9 Å². The van der Waals surface area contributed by atoms with E-state index in [0.717, 1.165) is 18.4 Å². The molecule has 0 N–H and O–H groups in total. The Kier molecular flexibility index (Phi) is 5.91. The molecule has 0 amide bonds. The average molecular weight is 250 g/mol. The first-order chi connectivity index (χ1) is 8.61. The molecule has 0 spiro atoms. The van der Waals surface area contributed by atoms with Crippen molar-refractivity contribution < 1.29 is 19.1 Å². The zero-order chi connectivity index (χ0) is 13.4. The van der Waals surface area contributed by atoms with Crippen LogP contribution in [0.2, 0.25) is 0 Å². The van der Waals surface area contributed by atoms with Gasteiger partial charge in [0.2, 0.25) is 6.79 Å². The van der Waals surface area contributed by atoms with Crippen LogP contribution in [0.3, 0.4) is 0 Å². The van der Waals surface area contributed by atoms with E-state index in [4.69, 9.17) is 4.74 Å². The van der Waals surface area contributed by atoms with Crippen molar-refractivity contribution in [2.75, 3.05) is 6.79 Å². The summed E-state index contributed by atoms with van der Waals surface area (Å²) < 4.78 is 9.31.